The number of aryl methyl sites for hydroxylation is 1. The number of hydrogen-bond donors (Lipinski definition) is 3. The fourth-order valence-corrected chi connectivity index (χ4v) is 3.93. The Hall–Kier alpha value is -1.89. The zero-order valence-corrected chi connectivity index (χ0v) is 15.4. The molecule has 0 bridgehead atoms. The van der Waals surface area contributed by atoms with Crippen LogP contribution in [0.1, 0.15) is 54.2 Å². The van der Waals surface area contributed by atoms with E-state index in [9.17, 15) is 14.4 Å². The maximum absolute atomic E-state index is 12.3. The van der Waals surface area contributed by atoms with Crippen molar-refractivity contribution in [2.45, 2.75) is 53.0 Å². The van der Waals surface area contributed by atoms with Gasteiger partial charge in [-0.25, -0.2) is 0 Å². The third-order valence-corrected chi connectivity index (χ3v) is 5.40. The fourth-order valence-electron chi connectivity index (χ4n) is 2.83. The molecule has 7 heteroatoms. The summed E-state index contributed by atoms with van der Waals surface area (Å²) in [5.74, 6) is -0.465. The molecule has 3 amide bonds. The van der Waals surface area contributed by atoms with Crippen LogP contribution in [-0.2, 0) is 22.4 Å². The van der Waals surface area contributed by atoms with Crippen LogP contribution in [0.4, 0.5) is 0 Å². The van der Waals surface area contributed by atoms with E-state index in [1.807, 2.05) is 19.9 Å². The number of carbonyl (C=O) groups is 3. The molecule has 0 aromatic carbocycles. The van der Waals surface area contributed by atoms with Gasteiger partial charge in [0.2, 0.25) is 5.91 Å². The number of thiophene rings is 1. The predicted octanol–water partition coefficient (Wildman–Crippen LogP) is 1.79. The van der Waals surface area contributed by atoms with Gasteiger partial charge in [-0.15, -0.1) is 11.3 Å². The van der Waals surface area contributed by atoms with Gasteiger partial charge in [0.05, 0.1) is 4.88 Å². The summed E-state index contributed by atoms with van der Waals surface area (Å²) in [7, 11) is 0. The number of rotatable bonds is 4. The van der Waals surface area contributed by atoms with E-state index in [1.165, 1.54) is 28.7 Å². The largest absolute Gasteiger partial charge is 0.344 e. The lowest BCUT2D eigenvalue weighted by Crippen LogP contribution is -2.53. The Balaban J connectivity index is 1.95. The molecule has 0 aliphatic heterocycles. The summed E-state index contributed by atoms with van der Waals surface area (Å²) in [4.78, 5) is 37.5. The van der Waals surface area contributed by atoms with E-state index in [1.54, 1.807) is 0 Å². The molecule has 3 N–H and O–H groups in total. The van der Waals surface area contributed by atoms with Gasteiger partial charge in [-0.3, -0.25) is 25.2 Å². The first-order valence-electron chi connectivity index (χ1n) is 8.26. The first-order chi connectivity index (χ1) is 11.3. The van der Waals surface area contributed by atoms with Crippen LogP contribution in [0.15, 0.2) is 6.07 Å². The van der Waals surface area contributed by atoms with Crippen LogP contribution in [0.25, 0.3) is 0 Å². The molecule has 1 aromatic heterocycles. The van der Waals surface area contributed by atoms with E-state index in [0.717, 1.165) is 19.3 Å². The second-order valence-corrected chi connectivity index (χ2v) is 7.91. The lowest BCUT2D eigenvalue weighted by atomic mass is 9.90. The van der Waals surface area contributed by atoms with Gasteiger partial charge in [0.25, 0.3) is 11.8 Å². The van der Waals surface area contributed by atoms with E-state index in [0.29, 0.717) is 10.8 Å². The van der Waals surface area contributed by atoms with Crippen molar-refractivity contribution in [3.63, 3.8) is 0 Å². The fraction of sp³-hybridized carbons (Fsp3) is 0.588. The van der Waals surface area contributed by atoms with Crippen LogP contribution < -0.4 is 16.2 Å². The number of nitrogens with one attached hydrogen (secondary N) is 3. The quantitative estimate of drug-likeness (QED) is 0.723. The Bertz CT molecular complexity index is 639. The molecule has 0 radical (unpaired) electrons. The van der Waals surface area contributed by atoms with Crippen molar-refractivity contribution in [1.82, 2.24) is 16.2 Å². The molecule has 2 rings (SSSR count). The third kappa shape index (κ3) is 4.56. The van der Waals surface area contributed by atoms with Crippen LogP contribution in [0.2, 0.25) is 0 Å². The summed E-state index contributed by atoms with van der Waals surface area (Å²) in [6, 6.07) is 1.24. The monoisotopic (exact) mass is 351 g/mol. The van der Waals surface area contributed by atoms with E-state index >= 15 is 0 Å². The highest BCUT2D eigenvalue weighted by atomic mass is 32.1. The number of carbonyl (C=O) groups excluding carboxylic acids is 3. The normalized spacial score (nSPS) is 17.8. The number of hydrogen-bond acceptors (Lipinski definition) is 4. The second-order valence-electron chi connectivity index (χ2n) is 6.77. The molecule has 0 spiro atoms. The topological polar surface area (TPSA) is 87.3 Å². The molecule has 0 saturated heterocycles. The van der Waals surface area contributed by atoms with Gasteiger partial charge in [-0.1, -0.05) is 20.8 Å². The number of fused-ring (bicyclic) bond motifs is 1. The van der Waals surface area contributed by atoms with Crippen LogP contribution in [0.5, 0.6) is 0 Å². The Morgan fingerprint density at radius 2 is 1.96 bits per heavy atom. The van der Waals surface area contributed by atoms with Crippen molar-refractivity contribution in [3.05, 3.63) is 21.4 Å². The van der Waals surface area contributed by atoms with Crippen molar-refractivity contribution in [1.29, 1.82) is 0 Å². The summed E-state index contributed by atoms with van der Waals surface area (Å²) < 4.78 is 0. The molecule has 0 fully saturated rings. The minimum atomic E-state index is -0.680. The van der Waals surface area contributed by atoms with Crippen molar-refractivity contribution in [2.24, 2.45) is 11.8 Å². The number of amides is 3. The van der Waals surface area contributed by atoms with Crippen LogP contribution >= 0.6 is 11.3 Å². The van der Waals surface area contributed by atoms with E-state index in [4.69, 9.17) is 0 Å². The second kappa shape index (κ2) is 7.79. The van der Waals surface area contributed by atoms with Gasteiger partial charge < -0.3 is 5.32 Å². The Morgan fingerprint density at radius 1 is 1.25 bits per heavy atom. The van der Waals surface area contributed by atoms with Crippen LogP contribution in [-0.4, -0.2) is 23.8 Å². The molecule has 132 valence electrons. The van der Waals surface area contributed by atoms with Crippen molar-refractivity contribution >= 4 is 29.1 Å². The molecule has 2 atom stereocenters. The molecule has 0 unspecified atom stereocenters. The van der Waals surface area contributed by atoms with Crippen molar-refractivity contribution in [2.75, 3.05) is 0 Å². The average Bonchev–Trinajstić information content (AvgIpc) is 2.92. The summed E-state index contributed by atoms with van der Waals surface area (Å²) >= 11 is 1.49. The maximum atomic E-state index is 12.3. The molecule has 1 aliphatic carbocycles. The summed E-state index contributed by atoms with van der Waals surface area (Å²) in [6.45, 7) is 7.24. The molecule has 24 heavy (non-hydrogen) atoms. The zero-order valence-electron chi connectivity index (χ0n) is 14.6. The lowest BCUT2D eigenvalue weighted by Gasteiger charge is -2.20. The van der Waals surface area contributed by atoms with Gasteiger partial charge in [-0.2, -0.15) is 0 Å². The molecule has 6 nitrogen and oxygen atoms in total. The smallest absolute Gasteiger partial charge is 0.279 e. The molecular weight excluding hydrogens is 326 g/mol. The summed E-state index contributed by atoms with van der Waals surface area (Å²) in [5, 5.41) is 2.59. The predicted molar refractivity (Wildman–Crippen MR) is 93.6 cm³/mol. The highest BCUT2D eigenvalue weighted by Crippen LogP contribution is 2.32. The molecular formula is C17H25N3O3S. The minimum absolute atomic E-state index is 0.0821. The first-order valence-corrected chi connectivity index (χ1v) is 9.08. The van der Waals surface area contributed by atoms with Gasteiger partial charge in [0, 0.05) is 11.8 Å². The highest BCUT2D eigenvalue weighted by Gasteiger charge is 2.24. The maximum Gasteiger partial charge on any atom is 0.279 e. The number of hydrazine groups is 1. The van der Waals surface area contributed by atoms with Gasteiger partial charge in [-0.05, 0) is 42.7 Å². The first kappa shape index (κ1) is 18.4. The third-order valence-electron chi connectivity index (χ3n) is 4.16. The summed E-state index contributed by atoms with van der Waals surface area (Å²) in [6.07, 6.45) is 3.17. The van der Waals surface area contributed by atoms with Gasteiger partial charge >= 0.3 is 0 Å². The van der Waals surface area contributed by atoms with Crippen molar-refractivity contribution in [3.8, 4) is 0 Å². The highest BCUT2D eigenvalue weighted by molar-refractivity contribution is 7.14. The van der Waals surface area contributed by atoms with E-state index in [2.05, 4.69) is 23.1 Å². The lowest BCUT2D eigenvalue weighted by molar-refractivity contribution is -0.129. The zero-order chi connectivity index (χ0) is 17.9. The Labute approximate surface area is 146 Å². The van der Waals surface area contributed by atoms with Gasteiger partial charge in [0.1, 0.15) is 6.04 Å². The molecule has 1 heterocycles. The van der Waals surface area contributed by atoms with Crippen LogP contribution in [0, 0.1) is 11.8 Å². The van der Waals surface area contributed by atoms with Crippen molar-refractivity contribution < 1.29 is 14.4 Å². The molecule has 1 aliphatic rings. The van der Waals surface area contributed by atoms with Crippen LogP contribution in [0.3, 0.4) is 0 Å². The molecule has 1 aromatic rings. The van der Waals surface area contributed by atoms with E-state index in [-0.39, 0.29) is 17.7 Å². The van der Waals surface area contributed by atoms with E-state index < -0.39 is 11.9 Å². The SMILES string of the molecule is CC(=O)N[C@H](C(=O)NNC(=O)c1cc2c(s1)CC[C@H](C)C2)C(C)C. The Kier molecular flexibility index (Phi) is 5.99. The molecule has 0 saturated carbocycles. The van der Waals surface area contributed by atoms with Gasteiger partial charge in [0.15, 0.2) is 0 Å². The summed E-state index contributed by atoms with van der Waals surface area (Å²) in [5.41, 5.74) is 6.10. The minimum Gasteiger partial charge on any atom is -0.344 e. The standard InChI is InChI=1S/C17H25N3O3S/c1-9(2)15(18-11(4)21)17(23)20-19-16(22)14-8-12-7-10(3)5-6-13(12)24-14/h8-10,15H,5-7H2,1-4H3,(H,18,21)(H,19,22)(H,20,23)/t10-,15-/m0/s1. The Morgan fingerprint density at radius 3 is 2.58 bits per heavy atom. The average molecular weight is 351 g/mol.